The third kappa shape index (κ3) is 2.92. The smallest absolute Gasteiger partial charge is 0.325 e. The Hall–Kier alpha value is -1.63. The van der Waals surface area contributed by atoms with Gasteiger partial charge in [0.05, 0.1) is 12.7 Å². The largest absolute Gasteiger partial charge is 0.368 e. The molecule has 0 aromatic heterocycles. The number of rotatable bonds is 5. The van der Waals surface area contributed by atoms with Gasteiger partial charge in [-0.2, -0.15) is 0 Å². The summed E-state index contributed by atoms with van der Waals surface area (Å²) in [6.45, 7) is 2.80. The quantitative estimate of drug-likeness (QED) is 0.694. The maximum atomic E-state index is 12.2. The van der Waals surface area contributed by atoms with Crippen LogP contribution in [0.5, 0.6) is 0 Å². The van der Waals surface area contributed by atoms with E-state index in [0.717, 1.165) is 19.3 Å². The van der Waals surface area contributed by atoms with E-state index in [1.165, 1.54) is 4.90 Å². The summed E-state index contributed by atoms with van der Waals surface area (Å²) in [5.41, 5.74) is 5.39. The average molecular weight is 282 g/mol. The van der Waals surface area contributed by atoms with Gasteiger partial charge in [0.25, 0.3) is 5.91 Å². The molecule has 2 fully saturated rings. The normalized spacial score (nSPS) is 27.8. The predicted octanol–water partition coefficient (Wildman–Crippen LogP) is 0.00420. The minimum Gasteiger partial charge on any atom is -0.368 e. The first-order valence-electron chi connectivity index (χ1n) is 7.19. The van der Waals surface area contributed by atoms with E-state index in [1.54, 1.807) is 0 Å². The topological polar surface area (TPSA) is 95.7 Å². The molecule has 112 valence electrons. The van der Waals surface area contributed by atoms with Crippen molar-refractivity contribution < 1.29 is 14.4 Å². The number of imide groups is 1. The molecule has 4 amide bonds. The van der Waals surface area contributed by atoms with Crippen LogP contribution < -0.4 is 11.1 Å². The molecule has 0 aromatic carbocycles. The summed E-state index contributed by atoms with van der Waals surface area (Å²) in [7, 11) is 0. The molecule has 0 aliphatic carbocycles. The van der Waals surface area contributed by atoms with E-state index < -0.39 is 6.04 Å². The molecule has 0 aromatic rings. The Morgan fingerprint density at radius 2 is 2.15 bits per heavy atom. The van der Waals surface area contributed by atoms with Gasteiger partial charge in [0, 0.05) is 6.54 Å². The van der Waals surface area contributed by atoms with Gasteiger partial charge < -0.3 is 11.1 Å². The Bertz CT molecular complexity index is 412. The molecule has 0 saturated carbocycles. The number of carbonyl (C=O) groups is 3. The first-order chi connectivity index (χ1) is 9.54. The number of carbonyl (C=O) groups excluding carboxylic acids is 3. The fraction of sp³-hybridized carbons (Fsp3) is 0.769. The van der Waals surface area contributed by atoms with Crippen LogP contribution in [0.2, 0.25) is 0 Å². The summed E-state index contributed by atoms with van der Waals surface area (Å²) in [6.07, 6.45) is 4.06. The monoisotopic (exact) mass is 282 g/mol. The Labute approximate surface area is 118 Å². The molecular formula is C13H22N4O3. The molecule has 0 bridgehead atoms. The van der Waals surface area contributed by atoms with Crippen molar-refractivity contribution in [1.82, 2.24) is 15.1 Å². The van der Waals surface area contributed by atoms with Gasteiger partial charge in [0.15, 0.2) is 0 Å². The average Bonchev–Trinajstić information content (AvgIpc) is 2.67. The van der Waals surface area contributed by atoms with E-state index in [2.05, 4.69) is 5.32 Å². The van der Waals surface area contributed by atoms with Gasteiger partial charge in [-0.3, -0.25) is 14.5 Å². The zero-order valence-electron chi connectivity index (χ0n) is 11.8. The number of hydrogen-bond donors (Lipinski definition) is 2. The van der Waals surface area contributed by atoms with Crippen LogP contribution in [0, 0.1) is 0 Å². The number of likely N-dealkylation sites (tertiary alicyclic amines) is 1. The lowest BCUT2D eigenvalue weighted by Gasteiger charge is -2.35. The van der Waals surface area contributed by atoms with Crippen LogP contribution in [-0.2, 0) is 9.59 Å². The Morgan fingerprint density at radius 3 is 2.80 bits per heavy atom. The SMILES string of the molecule is CCCC1NC(=O)N(CN2CCCCC2C(N)=O)C1=O. The first kappa shape index (κ1) is 14.8. The summed E-state index contributed by atoms with van der Waals surface area (Å²) in [6, 6.07) is -1.18. The van der Waals surface area contributed by atoms with Gasteiger partial charge >= 0.3 is 6.03 Å². The molecule has 20 heavy (non-hydrogen) atoms. The van der Waals surface area contributed by atoms with E-state index in [0.29, 0.717) is 19.4 Å². The van der Waals surface area contributed by atoms with E-state index in [4.69, 9.17) is 5.73 Å². The second kappa shape index (κ2) is 6.21. The van der Waals surface area contributed by atoms with E-state index in [1.807, 2.05) is 11.8 Å². The fourth-order valence-electron chi connectivity index (χ4n) is 2.86. The van der Waals surface area contributed by atoms with Gasteiger partial charge in [-0.1, -0.05) is 19.8 Å². The van der Waals surface area contributed by atoms with Gasteiger partial charge in [-0.05, 0) is 19.3 Å². The van der Waals surface area contributed by atoms with E-state index in [-0.39, 0.29) is 30.6 Å². The molecule has 0 radical (unpaired) electrons. The van der Waals surface area contributed by atoms with Crippen LogP contribution in [0.4, 0.5) is 4.79 Å². The molecule has 0 spiro atoms. The van der Waals surface area contributed by atoms with Gasteiger partial charge in [0.2, 0.25) is 5.91 Å². The van der Waals surface area contributed by atoms with Crippen molar-refractivity contribution in [3.63, 3.8) is 0 Å². The highest BCUT2D eigenvalue weighted by molar-refractivity contribution is 6.04. The fourth-order valence-corrected chi connectivity index (χ4v) is 2.86. The van der Waals surface area contributed by atoms with Crippen molar-refractivity contribution in [3.05, 3.63) is 0 Å². The molecule has 7 nitrogen and oxygen atoms in total. The van der Waals surface area contributed by atoms with Crippen molar-refractivity contribution in [2.75, 3.05) is 13.2 Å². The lowest BCUT2D eigenvalue weighted by molar-refractivity contribution is -0.132. The second-order valence-corrected chi connectivity index (χ2v) is 5.42. The summed E-state index contributed by atoms with van der Waals surface area (Å²) in [5.74, 6) is -0.590. The second-order valence-electron chi connectivity index (χ2n) is 5.42. The number of amides is 4. The van der Waals surface area contributed by atoms with Crippen molar-refractivity contribution in [1.29, 1.82) is 0 Å². The molecule has 2 heterocycles. The molecule has 2 rings (SSSR count). The van der Waals surface area contributed by atoms with Crippen molar-refractivity contribution in [2.45, 2.75) is 51.1 Å². The number of hydrogen-bond acceptors (Lipinski definition) is 4. The van der Waals surface area contributed by atoms with E-state index >= 15 is 0 Å². The molecule has 2 saturated heterocycles. The summed E-state index contributed by atoms with van der Waals surface area (Å²) in [4.78, 5) is 38.5. The van der Waals surface area contributed by atoms with Crippen LogP contribution in [0.1, 0.15) is 39.0 Å². The van der Waals surface area contributed by atoms with Gasteiger partial charge in [0.1, 0.15) is 6.04 Å². The maximum absolute atomic E-state index is 12.2. The maximum Gasteiger partial charge on any atom is 0.325 e. The highest BCUT2D eigenvalue weighted by atomic mass is 16.2. The zero-order valence-corrected chi connectivity index (χ0v) is 11.8. The summed E-state index contributed by atoms with van der Waals surface area (Å²) in [5, 5.41) is 2.68. The number of nitrogens with one attached hydrogen (secondary N) is 1. The minimum absolute atomic E-state index is 0.151. The highest BCUT2D eigenvalue weighted by Crippen LogP contribution is 2.19. The molecule has 7 heteroatoms. The van der Waals surface area contributed by atoms with Crippen molar-refractivity contribution in [2.24, 2.45) is 5.73 Å². The zero-order chi connectivity index (χ0) is 14.7. The molecular weight excluding hydrogens is 260 g/mol. The molecule has 3 N–H and O–H groups in total. The lowest BCUT2D eigenvalue weighted by Crippen LogP contribution is -2.53. The molecule has 2 unspecified atom stereocenters. The molecule has 2 atom stereocenters. The number of primary amides is 1. The van der Waals surface area contributed by atoms with Crippen molar-refractivity contribution in [3.8, 4) is 0 Å². The van der Waals surface area contributed by atoms with Crippen LogP contribution in [-0.4, -0.2) is 52.9 Å². The highest BCUT2D eigenvalue weighted by Gasteiger charge is 2.39. The minimum atomic E-state index is -0.427. The first-order valence-corrected chi connectivity index (χ1v) is 7.19. The predicted molar refractivity (Wildman–Crippen MR) is 72.5 cm³/mol. The van der Waals surface area contributed by atoms with Gasteiger partial charge in [-0.15, -0.1) is 0 Å². The van der Waals surface area contributed by atoms with Crippen LogP contribution in [0.3, 0.4) is 0 Å². The van der Waals surface area contributed by atoms with Crippen LogP contribution in [0.15, 0.2) is 0 Å². The Morgan fingerprint density at radius 1 is 1.40 bits per heavy atom. The molecule has 2 aliphatic rings. The standard InChI is InChI=1S/C13H22N4O3/c1-2-5-9-12(19)17(13(20)15-9)8-16-7-4-3-6-10(16)11(14)18/h9-10H,2-8H2,1H3,(H2,14,18)(H,15,20). The summed E-state index contributed by atoms with van der Waals surface area (Å²) >= 11 is 0. The third-order valence-electron chi connectivity index (χ3n) is 3.95. The van der Waals surface area contributed by atoms with Crippen molar-refractivity contribution >= 4 is 17.8 Å². The Balaban J connectivity index is 2.02. The summed E-state index contributed by atoms with van der Waals surface area (Å²) < 4.78 is 0. The van der Waals surface area contributed by atoms with Gasteiger partial charge in [-0.25, -0.2) is 9.69 Å². The van der Waals surface area contributed by atoms with Crippen LogP contribution in [0.25, 0.3) is 0 Å². The number of piperidine rings is 1. The van der Waals surface area contributed by atoms with Crippen LogP contribution >= 0.6 is 0 Å². The number of urea groups is 1. The lowest BCUT2D eigenvalue weighted by atomic mass is 10.0. The van der Waals surface area contributed by atoms with E-state index in [9.17, 15) is 14.4 Å². The Kier molecular flexibility index (Phi) is 4.59. The number of nitrogens with zero attached hydrogens (tertiary/aromatic N) is 2. The third-order valence-corrected chi connectivity index (χ3v) is 3.95. The number of nitrogens with two attached hydrogens (primary N) is 1. The molecule has 2 aliphatic heterocycles.